The van der Waals surface area contributed by atoms with Crippen molar-refractivity contribution in [2.75, 3.05) is 10.2 Å². The van der Waals surface area contributed by atoms with Crippen molar-refractivity contribution in [2.24, 2.45) is 5.73 Å². The Morgan fingerprint density at radius 1 is 1.03 bits per heavy atom. The lowest BCUT2D eigenvalue weighted by Crippen LogP contribution is -2.32. The number of anilines is 2. The summed E-state index contributed by atoms with van der Waals surface area (Å²) in [5.74, 6) is 0.0213. The molecule has 0 bridgehead atoms. The zero-order chi connectivity index (χ0) is 21.6. The maximum absolute atomic E-state index is 11.7. The normalized spacial score (nSPS) is 16.2. The van der Waals surface area contributed by atoms with Crippen molar-refractivity contribution in [2.45, 2.75) is 25.4 Å². The minimum absolute atomic E-state index is 0.188. The summed E-state index contributed by atoms with van der Waals surface area (Å²) in [6.45, 7) is 2.52. The molecule has 1 heterocycles. The third-order valence-electron chi connectivity index (χ3n) is 5.36. The number of allylic oxidation sites excluding steroid dienone is 2. The van der Waals surface area contributed by atoms with Crippen LogP contribution in [0.25, 0.3) is 6.08 Å². The maximum atomic E-state index is 11.7. The highest BCUT2D eigenvalue weighted by atomic mass is 16.2. The molecule has 0 aromatic heterocycles. The molecule has 2 atom stereocenters. The molecule has 4 nitrogen and oxygen atoms in total. The highest BCUT2D eigenvalue weighted by molar-refractivity contribution is 5.94. The van der Waals surface area contributed by atoms with E-state index in [4.69, 9.17) is 5.73 Å². The van der Waals surface area contributed by atoms with Gasteiger partial charge < -0.3 is 16.0 Å². The molecule has 0 aliphatic carbocycles. The fourth-order valence-electron chi connectivity index (χ4n) is 3.65. The number of hydrogen-bond acceptors (Lipinski definition) is 3. The molecule has 4 rings (SSSR count). The first-order chi connectivity index (χ1) is 15.1. The van der Waals surface area contributed by atoms with Crippen molar-refractivity contribution in [3.8, 4) is 0 Å². The Balaban J connectivity index is 1.48. The number of amides is 1. The monoisotopic (exact) mass is 409 g/mol. The number of benzene rings is 3. The maximum Gasteiger partial charge on any atom is 0.240 e. The Morgan fingerprint density at radius 2 is 1.74 bits per heavy atom. The van der Waals surface area contributed by atoms with Gasteiger partial charge in [0.05, 0.1) is 6.04 Å². The van der Waals surface area contributed by atoms with Gasteiger partial charge in [-0.15, -0.1) is 0 Å². The van der Waals surface area contributed by atoms with Crippen molar-refractivity contribution in [1.82, 2.24) is 0 Å². The second-order valence-corrected chi connectivity index (χ2v) is 7.80. The third kappa shape index (κ3) is 5.11. The molecule has 0 fully saturated rings. The van der Waals surface area contributed by atoms with Crippen LogP contribution in [-0.2, 0) is 11.3 Å². The van der Waals surface area contributed by atoms with E-state index in [0.717, 1.165) is 17.8 Å². The van der Waals surface area contributed by atoms with Crippen molar-refractivity contribution in [1.29, 1.82) is 0 Å². The van der Waals surface area contributed by atoms with Gasteiger partial charge >= 0.3 is 0 Å². The zero-order valence-electron chi connectivity index (χ0n) is 17.6. The van der Waals surface area contributed by atoms with Crippen LogP contribution in [0.2, 0.25) is 0 Å². The van der Waals surface area contributed by atoms with Crippen LogP contribution in [0.4, 0.5) is 11.4 Å². The molecule has 3 aromatic rings. The molecule has 0 saturated heterocycles. The van der Waals surface area contributed by atoms with E-state index in [1.165, 1.54) is 16.8 Å². The number of nitrogens with zero attached hydrogens (tertiary/aromatic N) is 1. The van der Waals surface area contributed by atoms with Gasteiger partial charge in [0.2, 0.25) is 5.91 Å². The van der Waals surface area contributed by atoms with E-state index in [1.807, 2.05) is 30.3 Å². The van der Waals surface area contributed by atoms with Gasteiger partial charge in [0, 0.05) is 30.0 Å². The summed E-state index contributed by atoms with van der Waals surface area (Å²) in [4.78, 5) is 14.0. The standard InChI is InChI=1S/C27H27N3O/c1-20(28)27(31)29-24-15-12-21(13-16-24)11-14-23-17-18-30(19-22-7-3-2-4-8-22)26-10-6-5-9-25(23)26/h2-18,20,23H,19,28H2,1H3,(H,29,31)/b14-11+/t20-,23?/m1/s1. The van der Waals surface area contributed by atoms with Gasteiger partial charge in [-0.3, -0.25) is 4.79 Å². The van der Waals surface area contributed by atoms with Crippen LogP contribution in [0.3, 0.4) is 0 Å². The van der Waals surface area contributed by atoms with Gasteiger partial charge in [0.15, 0.2) is 0 Å². The molecule has 3 N–H and O–H groups in total. The average Bonchev–Trinajstić information content (AvgIpc) is 2.80. The number of fused-ring (bicyclic) bond motifs is 1. The Hall–Kier alpha value is -3.63. The van der Waals surface area contributed by atoms with Crippen molar-refractivity contribution in [3.63, 3.8) is 0 Å². The first-order valence-electron chi connectivity index (χ1n) is 10.5. The van der Waals surface area contributed by atoms with Crippen LogP contribution in [0.15, 0.2) is 97.2 Å². The minimum atomic E-state index is -0.529. The summed E-state index contributed by atoms with van der Waals surface area (Å²) in [7, 11) is 0. The molecule has 0 spiro atoms. The number of rotatable bonds is 6. The molecule has 4 heteroatoms. The zero-order valence-corrected chi connectivity index (χ0v) is 17.6. The molecular weight excluding hydrogens is 382 g/mol. The second kappa shape index (κ2) is 9.45. The second-order valence-electron chi connectivity index (χ2n) is 7.80. The lowest BCUT2D eigenvalue weighted by atomic mass is 9.92. The van der Waals surface area contributed by atoms with E-state index >= 15 is 0 Å². The Labute approximate surface area is 183 Å². The van der Waals surface area contributed by atoms with Crippen LogP contribution in [0, 0.1) is 0 Å². The molecule has 1 amide bonds. The Kier molecular flexibility index (Phi) is 6.29. The number of hydrogen-bond donors (Lipinski definition) is 2. The van der Waals surface area contributed by atoms with E-state index in [-0.39, 0.29) is 11.8 Å². The van der Waals surface area contributed by atoms with Gasteiger partial charge in [0.1, 0.15) is 0 Å². The molecule has 0 saturated carbocycles. The molecule has 156 valence electrons. The summed E-state index contributed by atoms with van der Waals surface area (Å²) >= 11 is 0. The quantitative estimate of drug-likeness (QED) is 0.581. The summed E-state index contributed by atoms with van der Waals surface area (Å²) < 4.78 is 0. The van der Waals surface area contributed by atoms with E-state index in [9.17, 15) is 4.79 Å². The first-order valence-corrected chi connectivity index (χ1v) is 10.5. The van der Waals surface area contributed by atoms with Gasteiger partial charge in [-0.1, -0.05) is 78.9 Å². The smallest absolute Gasteiger partial charge is 0.240 e. The number of nitrogens with two attached hydrogens (primary N) is 1. The molecule has 3 aromatic carbocycles. The number of carbonyl (C=O) groups excluding carboxylic acids is 1. The molecular formula is C27H27N3O. The fraction of sp³-hybridized carbons (Fsp3) is 0.148. The van der Waals surface area contributed by atoms with E-state index in [0.29, 0.717) is 0 Å². The Morgan fingerprint density at radius 3 is 2.48 bits per heavy atom. The third-order valence-corrected chi connectivity index (χ3v) is 5.36. The Bertz CT molecular complexity index is 1080. The summed E-state index contributed by atoms with van der Waals surface area (Å²) in [5, 5.41) is 2.81. The van der Waals surface area contributed by atoms with Crippen molar-refractivity contribution < 1.29 is 4.79 Å². The SMILES string of the molecule is C[C@@H](N)C(=O)Nc1ccc(/C=C/C2C=CN(Cc3ccccc3)c3ccccc32)cc1. The van der Waals surface area contributed by atoms with E-state index in [1.54, 1.807) is 6.92 Å². The van der Waals surface area contributed by atoms with E-state index < -0.39 is 6.04 Å². The van der Waals surface area contributed by atoms with Crippen molar-refractivity contribution >= 4 is 23.4 Å². The summed E-state index contributed by atoms with van der Waals surface area (Å²) in [5.41, 5.74) is 11.2. The summed E-state index contributed by atoms with van der Waals surface area (Å²) in [6.07, 6.45) is 8.75. The molecule has 0 radical (unpaired) electrons. The lowest BCUT2D eigenvalue weighted by Gasteiger charge is -2.29. The molecule has 1 unspecified atom stereocenters. The number of carbonyl (C=O) groups is 1. The van der Waals surface area contributed by atoms with Crippen molar-refractivity contribution in [3.05, 3.63) is 114 Å². The minimum Gasteiger partial charge on any atom is -0.344 e. The van der Waals surface area contributed by atoms with E-state index in [2.05, 4.69) is 83.2 Å². The average molecular weight is 410 g/mol. The van der Waals surface area contributed by atoms with Crippen LogP contribution in [0.5, 0.6) is 0 Å². The topological polar surface area (TPSA) is 58.4 Å². The van der Waals surface area contributed by atoms with Crippen LogP contribution in [0.1, 0.15) is 29.5 Å². The molecule has 1 aliphatic heterocycles. The largest absolute Gasteiger partial charge is 0.344 e. The molecule has 31 heavy (non-hydrogen) atoms. The van der Waals surface area contributed by atoms with Gasteiger partial charge in [-0.05, 0) is 41.8 Å². The van der Waals surface area contributed by atoms with Gasteiger partial charge in [-0.2, -0.15) is 0 Å². The summed E-state index contributed by atoms with van der Waals surface area (Å²) in [6, 6.07) is 26.3. The number of para-hydroxylation sites is 1. The predicted molar refractivity (Wildman–Crippen MR) is 129 cm³/mol. The first kappa shape index (κ1) is 20.6. The van der Waals surface area contributed by atoms with Crippen LogP contribution >= 0.6 is 0 Å². The predicted octanol–water partition coefficient (Wildman–Crippen LogP) is 5.30. The van der Waals surface area contributed by atoms with Crippen LogP contribution < -0.4 is 16.0 Å². The van der Waals surface area contributed by atoms with Crippen LogP contribution in [-0.4, -0.2) is 11.9 Å². The number of nitrogens with one attached hydrogen (secondary N) is 1. The van der Waals surface area contributed by atoms with Gasteiger partial charge in [0.25, 0.3) is 0 Å². The highest BCUT2D eigenvalue weighted by Gasteiger charge is 2.18. The molecule has 1 aliphatic rings. The van der Waals surface area contributed by atoms with Gasteiger partial charge in [-0.25, -0.2) is 0 Å². The lowest BCUT2D eigenvalue weighted by molar-refractivity contribution is -0.117. The fourth-order valence-corrected chi connectivity index (χ4v) is 3.65. The highest BCUT2D eigenvalue weighted by Crippen LogP contribution is 2.35.